The molecule has 0 aromatic heterocycles. The lowest BCUT2D eigenvalue weighted by molar-refractivity contribution is -0.147. The Morgan fingerprint density at radius 1 is 0.833 bits per heavy atom. The summed E-state index contributed by atoms with van der Waals surface area (Å²) in [5.74, 6) is -0.467. The zero-order valence-corrected chi connectivity index (χ0v) is 20.4. The second kappa shape index (κ2) is 13.5. The molecule has 3 rings (SSSR count). The maximum Gasteiger partial charge on any atom is 0.408 e. The molecule has 36 heavy (non-hydrogen) atoms. The Labute approximate surface area is 210 Å². The molecule has 0 aliphatic heterocycles. The number of carbonyl (C=O) groups is 3. The molecular weight excluding hydrogens is 460 g/mol. The first-order valence-electron chi connectivity index (χ1n) is 11.6. The summed E-state index contributed by atoms with van der Waals surface area (Å²) in [4.78, 5) is 37.8. The van der Waals surface area contributed by atoms with Gasteiger partial charge in [-0.25, -0.2) is 9.59 Å². The zero-order chi connectivity index (χ0) is 25.8. The van der Waals surface area contributed by atoms with E-state index in [1.807, 2.05) is 73.7 Å². The number of hydrogen-bond donors (Lipinski definition) is 2. The summed E-state index contributed by atoms with van der Waals surface area (Å²) in [5.41, 5.74) is 3.10. The number of aryl methyl sites for hydroxylation is 1. The number of anilines is 1. The highest BCUT2D eigenvalue weighted by Gasteiger charge is 2.24. The van der Waals surface area contributed by atoms with Crippen LogP contribution in [0.3, 0.4) is 0 Å². The van der Waals surface area contributed by atoms with E-state index in [0.29, 0.717) is 11.4 Å². The summed E-state index contributed by atoms with van der Waals surface area (Å²) >= 11 is 0. The Hall–Kier alpha value is -4.33. The third-order valence-corrected chi connectivity index (χ3v) is 5.30. The molecule has 0 bridgehead atoms. The molecule has 0 radical (unpaired) electrons. The molecule has 0 unspecified atom stereocenters. The van der Waals surface area contributed by atoms with Crippen LogP contribution in [0, 0.1) is 6.92 Å². The van der Waals surface area contributed by atoms with Gasteiger partial charge in [-0.1, -0.05) is 66.7 Å². The minimum absolute atomic E-state index is 0.0218. The summed E-state index contributed by atoms with van der Waals surface area (Å²) in [7, 11) is 1.52. The van der Waals surface area contributed by atoms with E-state index >= 15 is 0 Å². The lowest BCUT2D eigenvalue weighted by Gasteiger charge is -2.18. The summed E-state index contributed by atoms with van der Waals surface area (Å²) in [6.45, 7) is 1.99. The number of carbonyl (C=O) groups excluding carboxylic acids is 3. The fourth-order valence-corrected chi connectivity index (χ4v) is 3.39. The van der Waals surface area contributed by atoms with Crippen LogP contribution in [-0.2, 0) is 32.3 Å². The van der Waals surface area contributed by atoms with Crippen molar-refractivity contribution in [2.24, 2.45) is 0 Å². The van der Waals surface area contributed by atoms with E-state index in [1.54, 1.807) is 12.1 Å². The van der Waals surface area contributed by atoms with Gasteiger partial charge in [-0.3, -0.25) is 4.79 Å². The Kier molecular flexibility index (Phi) is 9.88. The highest BCUT2D eigenvalue weighted by Crippen LogP contribution is 2.25. The van der Waals surface area contributed by atoms with Gasteiger partial charge in [-0.15, -0.1) is 0 Å². The monoisotopic (exact) mass is 490 g/mol. The van der Waals surface area contributed by atoms with E-state index in [9.17, 15) is 14.4 Å². The number of rotatable bonds is 11. The molecule has 8 nitrogen and oxygen atoms in total. The summed E-state index contributed by atoms with van der Waals surface area (Å²) in [6, 6.07) is 22.7. The van der Waals surface area contributed by atoms with Crippen molar-refractivity contribution < 1.29 is 28.6 Å². The Morgan fingerprint density at radius 3 is 2.06 bits per heavy atom. The topological polar surface area (TPSA) is 103 Å². The van der Waals surface area contributed by atoms with Gasteiger partial charge < -0.3 is 24.8 Å². The molecule has 2 N–H and O–H groups in total. The predicted octanol–water partition coefficient (Wildman–Crippen LogP) is 4.76. The third-order valence-electron chi connectivity index (χ3n) is 5.30. The van der Waals surface area contributed by atoms with E-state index in [-0.39, 0.29) is 32.0 Å². The van der Waals surface area contributed by atoms with Crippen molar-refractivity contribution in [3.63, 3.8) is 0 Å². The maximum atomic E-state index is 12.8. The molecule has 0 aliphatic rings. The van der Waals surface area contributed by atoms with Gasteiger partial charge in [0.1, 0.15) is 25.0 Å². The van der Waals surface area contributed by atoms with Gasteiger partial charge >= 0.3 is 12.1 Å². The molecule has 188 valence electrons. The number of benzene rings is 3. The Balaban J connectivity index is 1.60. The first-order valence-corrected chi connectivity index (χ1v) is 11.6. The summed E-state index contributed by atoms with van der Waals surface area (Å²) in [6.07, 6.45) is -0.795. The summed E-state index contributed by atoms with van der Waals surface area (Å²) in [5, 5.41) is 5.33. The normalized spacial score (nSPS) is 11.2. The maximum absolute atomic E-state index is 12.8. The molecule has 3 aromatic rings. The van der Waals surface area contributed by atoms with Gasteiger partial charge in [0.25, 0.3) is 0 Å². The molecule has 0 heterocycles. The molecule has 0 aliphatic carbocycles. The average molecular weight is 491 g/mol. The number of amides is 2. The third kappa shape index (κ3) is 8.47. The number of hydrogen-bond acceptors (Lipinski definition) is 6. The van der Waals surface area contributed by atoms with E-state index in [4.69, 9.17) is 14.2 Å². The molecular formula is C28H30N2O6. The highest BCUT2D eigenvalue weighted by molar-refractivity contribution is 5.93. The number of methoxy groups -OCH3 is 1. The Morgan fingerprint density at radius 2 is 1.44 bits per heavy atom. The molecule has 0 fully saturated rings. The molecule has 3 aromatic carbocycles. The van der Waals surface area contributed by atoms with Crippen LogP contribution in [0.4, 0.5) is 10.5 Å². The van der Waals surface area contributed by atoms with Gasteiger partial charge in [0.2, 0.25) is 5.91 Å². The van der Waals surface area contributed by atoms with Crippen molar-refractivity contribution in [2.75, 3.05) is 12.4 Å². The van der Waals surface area contributed by atoms with Crippen LogP contribution >= 0.6 is 0 Å². The second-order valence-electron chi connectivity index (χ2n) is 8.14. The van der Waals surface area contributed by atoms with Crippen LogP contribution in [0.15, 0.2) is 78.9 Å². The van der Waals surface area contributed by atoms with Crippen molar-refractivity contribution >= 4 is 23.7 Å². The van der Waals surface area contributed by atoms with Crippen LogP contribution in [0.25, 0.3) is 0 Å². The number of ether oxygens (including phenoxy) is 3. The van der Waals surface area contributed by atoms with E-state index < -0.39 is 18.1 Å². The molecule has 8 heteroatoms. The number of alkyl carbamates (subject to hydrolysis) is 1. The lowest BCUT2D eigenvalue weighted by atomic mass is 10.1. The lowest BCUT2D eigenvalue weighted by Crippen LogP contribution is -2.42. The van der Waals surface area contributed by atoms with Crippen molar-refractivity contribution in [1.29, 1.82) is 0 Å². The average Bonchev–Trinajstić information content (AvgIpc) is 2.89. The molecule has 1 atom stereocenters. The first-order chi connectivity index (χ1) is 17.4. The summed E-state index contributed by atoms with van der Waals surface area (Å²) < 4.78 is 15.9. The minimum Gasteiger partial charge on any atom is -0.495 e. The van der Waals surface area contributed by atoms with Gasteiger partial charge in [0, 0.05) is 6.42 Å². The van der Waals surface area contributed by atoms with E-state index in [2.05, 4.69) is 10.6 Å². The number of esters is 1. The predicted molar refractivity (Wildman–Crippen MR) is 135 cm³/mol. The standard InChI is InChI=1S/C28H30N2O6/c1-20-13-15-25(34-2)24(17-20)29-26(31)16-14-23(27(32)35-18-21-9-5-3-6-10-21)30-28(33)36-19-22-11-7-4-8-12-22/h3-13,15,17,23H,14,16,18-19H2,1-2H3,(H,29,31)(H,30,33)/t23-/m0/s1. The smallest absolute Gasteiger partial charge is 0.408 e. The van der Waals surface area contributed by atoms with Gasteiger partial charge in [-0.2, -0.15) is 0 Å². The zero-order valence-electron chi connectivity index (χ0n) is 20.4. The van der Waals surface area contributed by atoms with Crippen LogP contribution in [0.2, 0.25) is 0 Å². The van der Waals surface area contributed by atoms with Crippen molar-refractivity contribution in [3.05, 3.63) is 95.6 Å². The molecule has 0 saturated heterocycles. The second-order valence-corrected chi connectivity index (χ2v) is 8.14. The van der Waals surface area contributed by atoms with Crippen molar-refractivity contribution in [2.45, 2.75) is 39.0 Å². The first kappa shape index (κ1) is 26.3. The SMILES string of the molecule is COc1ccc(C)cc1NC(=O)CC[C@H](NC(=O)OCc1ccccc1)C(=O)OCc1ccccc1. The fourth-order valence-electron chi connectivity index (χ4n) is 3.39. The highest BCUT2D eigenvalue weighted by atomic mass is 16.6. The fraction of sp³-hybridized carbons (Fsp3) is 0.250. The molecule has 2 amide bonds. The van der Waals surface area contributed by atoms with Crippen LogP contribution in [0.1, 0.15) is 29.5 Å². The van der Waals surface area contributed by atoms with Crippen molar-refractivity contribution in [3.8, 4) is 5.75 Å². The van der Waals surface area contributed by atoms with Crippen molar-refractivity contribution in [1.82, 2.24) is 5.32 Å². The number of nitrogens with one attached hydrogen (secondary N) is 2. The quantitative estimate of drug-likeness (QED) is 0.376. The molecule has 0 spiro atoms. The van der Waals surface area contributed by atoms with E-state index in [1.165, 1.54) is 7.11 Å². The largest absolute Gasteiger partial charge is 0.495 e. The van der Waals surface area contributed by atoms with Crippen LogP contribution in [0.5, 0.6) is 5.75 Å². The van der Waals surface area contributed by atoms with Crippen LogP contribution < -0.4 is 15.4 Å². The minimum atomic E-state index is -1.07. The Bertz CT molecular complexity index is 1150. The van der Waals surface area contributed by atoms with Gasteiger partial charge in [0.05, 0.1) is 12.8 Å². The van der Waals surface area contributed by atoms with Gasteiger partial charge in [0.15, 0.2) is 0 Å². The van der Waals surface area contributed by atoms with Crippen LogP contribution in [-0.4, -0.2) is 31.1 Å². The van der Waals surface area contributed by atoms with Gasteiger partial charge in [-0.05, 0) is 42.2 Å². The molecule has 0 saturated carbocycles. The van der Waals surface area contributed by atoms with E-state index in [0.717, 1.165) is 16.7 Å².